The van der Waals surface area contributed by atoms with Crippen molar-refractivity contribution in [3.05, 3.63) is 63.2 Å². The number of halogens is 1. The van der Waals surface area contributed by atoms with E-state index in [0.29, 0.717) is 45.1 Å². The maximum atomic E-state index is 14.5. The molecule has 0 aromatic heterocycles. The lowest BCUT2D eigenvalue weighted by molar-refractivity contribution is -0.0202. The Kier molecular flexibility index (Phi) is 6.12. The molecular weight excluding hydrogens is 524 g/mol. The predicted octanol–water partition coefficient (Wildman–Crippen LogP) is 5.01. The van der Waals surface area contributed by atoms with E-state index in [0.717, 1.165) is 6.07 Å². The molecule has 3 N–H and O–H groups in total. The van der Waals surface area contributed by atoms with Crippen molar-refractivity contribution in [2.45, 2.75) is 38.2 Å². The molecule has 3 aromatic rings. The van der Waals surface area contributed by atoms with Gasteiger partial charge in [0.15, 0.2) is 5.60 Å². The van der Waals surface area contributed by atoms with E-state index >= 15 is 0 Å². The van der Waals surface area contributed by atoms with Gasteiger partial charge in [0.05, 0.1) is 31.9 Å². The van der Waals surface area contributed by atoms with E-state index < -0.39 is 34.2 Å². The van der Waals surface area contributed by atoms with Crippen LogP contribution in [-0.4, -0.2) is 53.8 Å². The van der Waals surface area contributed by atoms with E-state index in [1.54, 1.807) is 32.0 Å². The lowest BCUT2D eigenvalue weighted by atomic mass is 9.52. The number of Topliss-reactive ketones (excluding diaryl/α,β-unsaturated/α-hetero) is 2. The second kappa shape index (κ2) is 8.89. The summed E-state index contributed by atoms with van der Waals surface area (Å²) in [5.41, 5.74) is -1.22. The fourth-order valence-corrected chi connectivity index (χ4v) is 6.61. The Balaban J connectivity index is 1.86. The van der Waals surface area contributed by atoms with Gasteiger partial charge in [-0.15, -0.1) is 0 Å². The van der Waals surface area contributed by atoms with Gasteiger partial charge < -0.3 is 29.5 Å². The molecule has 204 valence electrons. The molecule has 3 aromatic carbocycles. The van der Waals surface area contributed by atoms with Gasteiger partial charge in [-0.05, 0) is 53.6 Å². The van der Waals surface area contributed by atoms with Crippen LogP contribution in [0.4, 0.5) is 0 Å². The summed E-state index contributed by atoms with van der Waals surface area (Å²) in [7, 11) is 4.49. The Morgan fingerprint density at radius 2 is 1.51 bits per heavy atom. The number of carbonyl (C=O) groups excluding carboxylic acids is 2. The number of aliphatic hydroxyl groups is 1. The number of aromatic hydroxyl groups is 2. The van der Waals surface area contributed by atoms with Crippen molar-refractivity contribution < 1.29 is 39.1 Å². The Labute approximate surface area is 230 Å². The van der Waals surface area contributed by atoms with Crippen LogP contribution in [0.15, 0.2) is 30.3 Å². The number of hydrogen-bond acceptors (Lipinski definition) is 8. The zero-order chi connectivity index (χ0) is 28.6. The number of rotatable bonds is 4. The number of ketones is 2. The molecule has 0 bridgehead atoms. The highest BCUT2D eigenvalue weighted by molar-refractivity contribution is 6.35. The topological polar surface area (TPSA) is 123 Å². The predicted molar refractivity (Wildman–Crippen MR) is 145 cm³/mol. The van der Waals surface area contributed by atoms with Crippen LogP contribution in [0.3, 0.4) is 0 Å². The first-order valence-corrected chi connectivity index (χ1v) is 12.7. The zero-order valence-electron chi connectivity index (χ0n) is 22.4. The van der Waals surface area contributed by atoms with E-state index in [4.69, 9.17) is 25.8 Å². The van der Waals surface area contributed by atoms with Gasteiger partial charge in [-0.3, -0.25) is 9.59 Å². The lowest BCUT2D eigenvalue weighted by Crippen LogP contribution is -2.64. The molecule has 0 amide bonds. The zero-order valence-corrected chi connectivity index (χ0v) is 23.2. The average molecular weight is 553 g/mol. The van der Waals surface area contributed by atoms with Gasteiger partial charge in [0.2, 0.25) is 11.6 Å². The SMILES string of the molecule is COc1cc(C)c(-c2cc(OC)c(Cl)c3c2C(=O)[C@@]2(O)C(=O)c4c(O)cc(O)cc4C(C)(C)[C@H]2C3)c(OC)c1. The van der Waals surface area contributed by atoms with Crippen molar-refractivity contribution in [2.24, 2.45) is 5.92 Å². The minimum atomic E-state index is -2.50. The number of fused-ring (bicyclic) bond motifs is 3. The molecule has 0 aliphatic heterocycles. The first-order chi connectivity index (χ1) is 18.3. The summed E-state index contributed by atoms with van der Waals surface area (Å²) >= 11 is 6.79. The van der Waals surface area contributed by atoms with Crippen molar-refractivity contribution in [1.82, 2.24) is 0 Å². The number of phenols is 2. The molecule has 0 saturated carbocycles. The summed E-state index contributed by atoms with van der Waals surface area (Å²) in [6.07, 6.45) is 0.0483. The van der Waals surface area contributed by atoms with Crippen LogP contribution in [-0.2, 0) is 11.8 Å². The molecule has 0 spiro atoms. The molecule has 2 aliphatic carbocycles. The number of hydrogen-bond donors (Lipinski definition) is 3. The van der Waals surface area contributed by atoms with Crippen LogP contribution in [0.1, 0.15) is 51.3 Å². The highest BCUT2D eigenvalue weighted by Crippen LogP contribution is 2.56. The number of phenolic OH excluding ortho intramolecular Hbond substituents is 2. The Morgan fingerprint density at radius 1 is 0.872 bits per heavy atom. The van der Waals surface area contributed by atoms with E-state index in [9.17, 15) is 24.9 Å². The number of methoxy groups -OCH3 is 3. The molecular formula is C30H29ClO8. The molecule has 2 aliphatic rings. The van der Waals surface area contributed by atoms with Gasteiger partial charge in [-0.25, -0.2) is 0 Å². The molecule has 2 atom stereocenters. The van der Waals surface area contributed by atoms with Crippen LogP contribution in [0.25, 0.3) is 11.1 Å². The van der Waals surface area contributed by atoms with Crippen LogP contribution in [0.5, 0.6) is 28.7 Å². The second-order valence-corrected chi connectivity index (χ2v) is 11.0. The van der Waals surface area contributed by atoms with Crippen molar-refractivity contribution in [3.63, 3.8) is 0 Å². The van der Waals surface area contributed by atoms with E-state index in [1.807, 2.05) is 6.92 Å². The summed E-state index contributed by atoms with van der Waals surface area (Å²) < 4.78 is 16.6. The highest BCUT2D eigenvalue weighted by atomic mass is 35.5. The summed E-state index contributed by atoms with van der Waals surface area (Å²) in [4.78, 5) is 28.4. The van der Waals surface area contributed by atoms with Crippen LogP contribution in [0, 0.1) is 12.8 Å². The van der Waals surface area contributed by atoms with Gasteiger partial charge in [0.25, 0.3) is 0 Å². The summed E-state index contributed by atoms with van der Waals surface area (Å²) in [5.74, 6) is -2.17. The van der Waals surface area contributed by atoms with Gasteiger partial charge in [0, 0.05) is 34.7 Å². The van der Waals surface area contributed by atoms with Gasteiger partial charge in [-0.1, -0.05) is 25.4 Å². The smallest absolute Gasteiger partial charge is 0.206 e. The minimum absolute atomic E-state index is 0.0483. The number of aryl methyl sites for hydroxylation is 1. The standard InChI is InChI=1S/C30H29ClO8/c1-13-7-15(37-4)10-20(38-5)23(13)16-11-21(39-6)26(31)17-12-22-29(2,3)18-8-14(32)9-19(33)25(18)28(35)30(22,36)27(34)24(16)17/h7-11,22,32-33,36H,12H2,1-6H3/t22-,30-/m1/s1. The van der Waals surface area contributed by atoms with E-state index in [-0.39, 0.29) is 28.3 Å². The molecule has 39 heavy (non-hydrogen) atoms. The number of benzene rings is 3. The lowest BCUT2D eigenvalue weighted by Gasteiger charge is -2.51. The first kappa shape index (κ1) is 26.8. The molecule has 0 unspecified atom stereocenters. The third kappa shape index (κ3) is 3.54. The summed E-state index contributed by atoms with van der Waals surface area (Å²) in [6, 6.07) is 7.47. The highest BCUT2D eigenvalue weighted by Gasteiger charge is 2.64. The van der Waals surface area contributed by atoms with Gasteiger partial charge >= 0.3 is 0 Å². The van der Waals surface area contributed by atoms with Crippen LogP contribution in [0.2, 0.25) is 5.02 Å². The first-order valence-electron chi connectivity index (χ1n) is 12.3. The van der Waals surface area contributed by atoms with Crippen molar-refractivity contribution in [3.8, 4) is 39.9 Å². The third-order valence-corrected chi connectivity index (χ3v) is 8.69. The molecule has 9 heteroatoms. The Bertz CT molecular complexity index is 1570. The van der Waals surface area contributed by atoms with E-state index in [1.165, 1.54) is 27.4 Å². The summed E-state index contributed by atoms with van der Waals surface area (Å²) in [6.45, 7) is 5.35. The van der Waals surface area contributed by atoms with Gasteiger partial charge in [-0.2, -0.15) is 0 Å². The fourth-order valence-electron chi connectivity index (χ4n) is 6.31. The van der Waals surface area contributed by atoms with Crippen molar-refractivity contribution in [2.75, 3.05) is 21.3 Å². The number of ether oxygens (including phenoxy) is 3. The molecule has 0 fully saturated rings. The molecule has 5 rings (SSSR count). The second-order valence-electron chi connectivity index (χ2n) is 10.6. The number of carbonyl (C=O) groups is 2. The van der Waals surface area contributed by atoms with Gasteiger partial charge in [0.1, 0.15) is 28.7 Å². The average Bonchev–Trinajstić information content (AvgIpc) is 2.89. The minimum Gasteiger partial charge on any atom is -0.508 e. The van der Waals surface area contributed by atoms with Crippen molar-refractivity contribution in [1.29, 1.82) is 0 Å². The Hall–Kier alpha value is -3.75. The normalized spacial score (nSPS) is 21.1. The molecule has 0 heterocycles. The maximum Gasteiger partial charge on any atom is 0.206 e. The third-order valence-electron chi connectivity index (χ3n) is 8.27. The monoisotopic (exact) mass is 552 g/mol. The maximum absolute atomic E-state index is 14.5. The summed E-state index contributed by atoms with van der Waals surface area (Å²) in [5, 5.41) is 33.2. The van der Waals surface area contributed by atoms with Crippen molar-refractivity contribution >= 4 is 23.2 Å². The Morgan fingerprint density at radius 3 is 2.13 bits per heavy atom. The van der Waals surface area contributed by atoms with E-state index in [2.05, 4.69) is 0 Å². The molecule has 8 nitrogen and oxygen atoms in total. The fraction of sp³-hybridized carbons (Fsp3) is 0.333. The molecule has 0 saturated heterocycles. The largest absolute Gasteiger partial charge is 0.508 e. The van der Waals surface area contributed by atoms with Crippen LogP contribution >= 0.6 is 11.6 Å². The quantitative estimate of drug-likeness (QED) is 0.386. The molecule has 0 radical (unpaired) electrons. The van der Waals surface area contributed by atoms with Crippen LogP contribution < -0.4 is 14.2 Å².